The van der Waals surface area contributed by atoms with Crippen LogP contribution in [0.5, 0.6) is 0 Å². The summed E-state index contributed by atoms with van der Waals surface area (Å²) >= 11 is 0. The van der Waals surface area contributed by atoms with E-state index in [1.165, 1.54) is 0 Å². The zero-order chi connectivity index (χ0) is 12.6. The molecule has 2 aromatic rings. The monoisotopic (exact) mass is 247 g/mol. The maximum Gasteiger partial charge on any atom is 0.433 e. The molecule has 9 heteroatoms. The number of carbonyl (C=O) groups is 1. The lowest BCUT2D eigenvalue weighted by molar-refractivity contribution is -0.140. The minimum Gasteiger partial charge on any atom is -0.477 e. The summed E-state index contributed by atoms with van der Waals surface area (Å²) in [5.74, 6) is -1.92. The largest absolute Gasteiger partial charge is 0.477 e. The molecule has 0 fully saturated rings. The van der Waals surface area contributed by atoms with Crippen molar-refractivity contribution in [2.45, 2.75) is 6.18 Å². The minimum atomic E-state index is -4.69. The van der Waals surface area contributed by atoms with Crippen LogP contribution in [0.15, 0.2) is 16.9 Å². The molecule has 0 amide bonds. The van der Waals surface area contributed by atoms with E-state index in [0.717, 1.165) is 12.4 Å². The number of H-pyrrole nitrogens is 1. The fourth-order valence-electron chi connectivity index (χ4n) is 1.26. The van der Waals surface area contributed by atoms with E-state index in [4.69, 9.17) is 5.11 Å². The summed E-state index contributed by atoms with van der Waals surface area (Å²) < 4.78 is 42.1. The predicted molar refractivity (Wildman–Crippen MR) is 46.0 cm³/mol. The number of aromatic nitrogens is 3. The summed E-state index contributed by atoms with van der Waals surface area (Å²) in [6, 6.07) is 0. The lowest BCUT2D eigenvalue weighted by atomic mass is 10.1. The summed E-state index contributed by atoms with van der Waals surface area (Å²) in [6.07, 6.45) is -3.03. The predicted octanol–water partition coefficient (Wildman–Crippen LogP) is 1.78. The first-order valence-electron chi connectivity index (χ1n) is 4.20. The molecule has 0 aliphatic heterocycles. The summed E-state index contributed by atoms with van der Waals surface area (Å²) in [6.45, 7) is 0. The van der Waals surface area contributed by atoms with Crippen molar-refractivity contribution in [3.8, 4) is 11.3 Å². The van der Waals surface area contributed by atoms with Crippen LogP contribution in [0.25, 0.3) is 11.3 Å². The number of nitrogens with zero attached hydrogens (tertiary/aromatic N) is 2. The molecular weight excluding hydrogens is 243 g/mol. The van der Waals surface area contributed by atoms with Gasteiger partial charge in [0.15, 0.2) is 11.5 Å². The molecule has 0 saturated carbocycles. The molecule has 90 valence electrons. The molecule has 0 aromatic carbocycles. The Hall–Kier alpha value is -2.32. The van der Waals surface area contributed by atoms with Crippen LogP contribution in [0.1, 0.15) is 16.1 Å². The Morgan fingerprint density at radius 3 is 2.71 bits per heavy atom. The number of alkyl halides is 3. The molecule has 0 saturated heterocycles. The van der Waals surface area contributed by atoms with Gasteiger partial charge in [0.25, 0.3) is 0 Å². The highest BCUT2D eigenvalue weighted by Crippen LogP contribution is 2.36. The Morgan fingerprint density at radius 2 is 2.12 bits per heavy atom. The first kappa shape index (κ1) is 11.2. The zero-order valence-electron chi connectivity index (χ0n) is 7.95. The Bertz CT molecular complexity index is 558. The molecular formula is C8H4F3N3O3. The average molecular weight is 247 g/mol. The molecule has 2 heterocycles. The normalized spacial score (nSPS) is 11.7. The van der Waals surface area contributed by atoms with Crippen LogP contribution >= 0.6 is 0 Å². The van der Waals surface area contributed by atoms with Gasteiger partial charge in [-0.1, -0.05) is 5.16 Å². The number of halogens is 3. The second kappa shape index (κ2) is 3.61. The van der Waals surface area contributed by atoms with Crippen LogP contribution in [0.3, 0.4) is 0 Å². The number of rotatable bonds is 2. The summed E-state index contributed by atoms with van der Waals surface area (Å²) in [5.41, 5.74) is -2.14. The Balaban J connectivity index is 2.58. The second-order valence-corrected chi connectivity index (χ2v) is 3.03. The molecule has 0 unspecified atom stereocenters. The number of nitrogens with one attached hydrogen (secondary N) is 1. The van der Waals surface area contributed by atoms with Crippen LogP contribution in [-0.4, -0.2) is 26.4 Å². The van der Waals surface area contributed by atoms with E-state index in [0.29, 0.717) is 0 Å². The zero-order valence-corrected chi connectivity index (χ0v) is 7.95. The number of carboxylic acid groups (broad SMARTS) is 1. The number of carboxylic acids is 1. The summed E-state index contributed by atoms with van der Waals surface area (Å²) in [4.78, 5) is 10.7. The SMILES string of the molecule is O=C(O)c1cnoc1-c1cn[nH]c1C(F)(F)F. The first-order chi connectivity index (χ1) is 7.91. The van der Waals surface area contributed by atoms with E-state index in [1.54, 1.807) is 5.10 Å². The first-order valence-corrected chi connectivity index (χ1v) is 4.20. The molecule has 6 nitrogen and oxygen atoms in total. The third-order valence-corrected chi connectivity index (χ3v) is 1.97. The highest BCUT2D eigenvalue weighted by Gasteiger charge is 2.38. The van der Waals surface area contributed by atoms with Crippen LogP contribution in [0.2, 0.25) is 0 Å². The lowest BCUT2D eigenvalue weighted by Crippen LogP contribution is -2.08. The van der Waals surface area contributed by atoms with Gasteiger partial charge in [0.05, 0.1) is 18.0 Å². The highest BCUT2D eigenvalue weighted by atomic mass is 19.4. The minimum absolute atomic E-state index is 0.461. The van der Waals surface area contributed by atoms with E-state index in [1.807, 2.05) is 0 Å². The van der Waals surface area contributed by atoms with Gasteiger partial charge < -0.3 is 9.63 Å². The molecule has 0 bridgehead atoms. The van der Waals surface area contributed by atoms with Gasteiger partial charge in [0, 0.05) is 0 Å². The Labute approximate surface area is 91.0 Å². The summed E-state index contributed by atoms with van der Waals surface area (Å²) in [7, 11) is 0. The van der Waals surface area contributed by atoms with Crippen molar-refractivity contribution in [3.63, 3.8) is 0 Å². The quantitative estimate of drug-likeness (QED) is 0.843. The smallest absolute Gasteiger partial charge is 0.433 e. The van der Waals surface area contributed by atoms with Crippen molar-refractivity contribution >= 4 is 5.97 Å². The molecule has 17 heavy (non-hydrogen) atoms. The maximum absolute atomic E-state index is 12.5. The van der Waals surface area contributed by atoms with Crippen LogP contribution in [-0.2, 0) is 6.18 Å². The Kier molecular flexibility index (Phi) is 2.37. The second-order valence-electron chi connectivity index (χ2n) is 3.03. The third kappa shape index (κ3) is 1.86. The van der Waals surface area contributed by atoms with Crippen LogP contribution < -0.4 is 0 Å². The van der Waals surface area contributed by atoms with E-state index < -0.39 is 34.7 Å². The lowest BCUT2D eigenvalue weighted by Gasteiger charge is -2.04. The number of aromatic amines is 1. The number of hydrogen-bond donors (Lipinski definition) is 2. The number of hydrogen-bond acceptors (Lipinski definition) is 4. The van der Waals surface area contributed by atoms with Crippen molar-refractivity contribution < 1.29 is 27.6 Å². The van der Waals surface area contributed by atoms with Crippen LogP contribution in [0.4, 0.5) is 13.2 Å². The maximum atomic E-state index is 12.5. The van der Waals surface area contributed by atoms with Crippen molar-refractivity contribution in [1.29, 1.82) is 0 Å². The van der Waals surface area contributed by atoms with Crippen molar-refractivity contribution in [2.75, 3.05) is 0 Å². The summed E-state index contributed by atoms with van der Waals surface area (Å²) in [5, 5.41) is 16.9. The van der Waals surface area contributed by atoms with Gasteiger partial charge in [-0.3, -0.25) is 5.10 Å². The van der Waals surface area contributed by atoms with E-state index >= 15 is 0 Å². The van der Waals surface area contributed by atoms with Gasteiger partial charge in [-0.15, -0.1) is 0 Å². The topological polar surface area (TPSA) is 92.0 Å². The Morgan fingerprint density at radius 1 is 1.41 bits per heavy atom. The fraction of sp³-hybridized carbons (Fsp3) is 0.125. The average Bonchev–Trinajstić information content (AvgIpc) is 2.84. The van der Waals surface area contributed by atoms with Gasteiger partial charge in [0.1, 0.15) is 5.56 Å². The fourth-order valence-corrected chi connectivity index (χ4v) is 1.26. The molecule has 0 aliphatic carbocycles. The molecule has 2 rings (SSSR count). The van der Waals surface area contributed by atoms with Gasteiger partial charge in [-0.2, -0.15) is 18.3 Å². The molecule has 0 spiro atoms. The molecule has 0 atom stereocenters. The van der Waals surface area contributed by atoms with Gasteiger partial charge in [-0.25, -0.2) is 4.79 Å². The van der Waals surface area contributed by atoms with Crippen molar-refractivity contribution in [3.05, 3.63) is 23.7 Å². The number of aromatic carboxylic acids is 1. The third-order valence-electron chi connectivity index (χ3n) is 1.97. The molecule has 2 aromatic heterocycles. The van der Waals surface area contributed by atoms with Crippen molar-refractivity contribution in [2.24, 2.45) is 0 Å². The van der Waals surface area contributed by atoms with E-state index in [-0.39, 0.29) is 0 Å². The highest BCUT2D eigenvalue weighted by molar-refractivity contribution is 5.94. The molecule has 0 radical (unpaired) electrons. The van der Waals surface area contributed by atoms with E-state index in [2.05, 4.69) is 14.8 Å². The van der Waals surface area contributed by atoms with Crippen LogP contribution in [0, 0.1) is 0 Å². The molecule has 0 aliphatic rings. The van der Waals surface area contributed by atoms with Gasteiger partial charge in [0.2, 0.25) is 0 Å². The van der Waals surface area contributed by atoms with Gasteiger partial charge >= 0.3 is 12.1 Å². The molecule has 2 N–H and O–H groups in total. The van der Waals surface area contributed by atoms with Crippen molar-refractivity contribution in [1.82, 2.24) is 15.4 Å². The standard InChI is InChI=1S/C8H4F3N3O3/c9-8(10,11)6-3(1-12-14-6)5-4(7(15)16)2-13-17-5/h1-2H,(H,12,14)(H,15,16). The van der Waals surface area contributed by atoms with E-state index in [9.17, 15) is 18.0 Å². The van der Waals surface area contributed by atoms with Gasteiger partial charge in [-0.05, 0) is 0 Å².